The quantitative estimate of drug-likeness (QED) is 0.395. The van der Waals surface area contributed by atoms with Gasteiger partial charge in [0.25, 0.3) is 10.6 Å². The van der Waals surface area contributed by atoms with Gasteiger partial charge in [-0.15, -0.1) is 0 Å². The van der Waals surface area contributed by atoms with Gasteiger partial charge >= 0.3 is 11.9 Å². The summed E-state index contributed by atoms with van der Waals surface area (Å²) in [6.45, 7) is 0. The lowest BCUT2D eigenvalue weighted by molar-refractivity contribution is -0.144. The summed E-state index contributed by atoms with van der Waals surface area (Å²) in [7, 11) is -3.03. The van der Waals surface area contributed by atoms with Gasteiger partial charge in [0.05, 0.1) is 23.2 Å². The van der Waals surface area contributed by atoms with Crippen LogP contribution in [0.1, 0.15) is 11.3 Å². The second kappa shape index (κ2) is 7.43. The van der Waals surface area contributed by atoms with Crippen LogP contribution in [-0.4, -0.2) is 28.9 Å². The summed E-state index contributed by atoms with van der Waals surface area (Å²) < 4.78 is 77.4. The fourth-order valence-corrected chi connectivity index (χ4v) is 3.18. The Morgan fingerprint density at radius 1 is 1.21 bits per heavy atom. The summed E-state index contributed by atoms with van der Waals surface area (Å²) >= 11 is -0.367. The van der Waals surface area contributed by atoms with E-state index in [1.165, 1.54) is 0 Å². The van der Waals surface area contributed by atoms with E-state index >= 15 is 0 Å². The highest BCUT2D eigenvalue weighted by molar-refractivity contribution is 8.09. The number of nitrogens with two attached hydrogens (primary N) is 1. The Morgan fingerprint density at radius 2 is 1.82 bits per heavy atom. The highest BCUT2D eigenvalue weighted by atomic mass is 32.2. The molecule has 0 saturated carbocycles. The molecule has 2 aromatic rings. The van der Waals surface area contributed by atoms with E-state index < -0.39 is 38.2 Å². The van der Waals surface area contributed by atoms with Crippen molar-refractivity contribution in [1.29, 1.82) is 0 Å². The van der Waals surface area contributed by atoms with Crippen molar-refractivity contribution in [2.45, 2.75) is 6.18 Å². The molecule has 28 heavy (non-hydrogen) atoms. The summed E-state index contributed by atoms with van der Waals surface area (Å²) in [6, 6.07) is 3.45. The topological polar surface area (TPSA) is 116 Å². The van der Waals surface area contributed by atoms with Crippen LogP contribution in [0.3, 0.4) is 0 Å². The van der Waals surface area contributed by atoms with Crippen molar-refractivity contribution in [3.63, 3.8) is 0 Å². The largest absolute Gasteiger partial charge is 0.431 e. The third kappa shape index (κ3) is 4.44. The van der Waals surface area contributed by atoms with Crippen molar-refractivity contribution in [3.05, 3.63) is 56.4 Å². The number of benzene rings is 1. The minimum absolute atomic E-state index is 0.0848. The van der Waals surface area contributed by atoms with Gasteiger partial charge in [-0.05, 0) is 18.2 Å². The number of alkyl halides is 3. The molecule has 14 heteroatoms. The second-order valence-electron chi connectivity index (χ2n) is 5.59. The van der Waals surface area contributed by atoms with E-state index in [2.05, 4.69) is 4.72 Å². The fraction of sp³-hybridized carbons (Fsp3) is 0.214. The predicted octanol–water partition coefficient (Wildman–Crippen LogP) is 0.0499. The molecule has 0 amide bonds. The third-order valence-electron chi connectivity index (χ3n) is 3.52. The van der Waals surface area contributed by atoms with E-state index in [0.29, 0.717) is 4.57 Å². The maximum absolute atomic E-state index is 12.9. The maximum Gasteiger partial charge on any atom is 0.431 e. The molecule has 0 unspecified atom stereocenters. The van der Waals surface area contributed by atoms with Crippen LogP contribution >= 0.6 is 12.1 Å². The first-order valence-corrected chi connectivity index (χ1v) is 9.81. The summed E-state index contributed by atoms with van der Waals surface area (Å²) in [5, 5.41) is 5.05. The van der Waals surface area contributed by atoms with Gasteiger partial charge < -0.3 is 0 Å². The van der Waals surface area contributed by atoms with Gasteiger partial charge in [0, 0.05) is 13.1 Å². The van der Waals surface area contributed by atoms with Crippen molar-refractivity contribution in [2.24, 2.45) is 7.05 Å². The average molecular weight is 441 g/mol. The van der Waals surface area contributed by atoms with Crippen molar-refractivity contribution >= 4 is 32.9 Å². The Kier molecular flexibility index (Phi) is 5.75. The number of hydrogen-bond donors (Lipinski definition) is 2. The molecule has 0 fully saturated rings. The molecule has 0 radical (unpaired) electrons. The SMILES string of the molecule is Cn1c(C(F)(F)F)cc(=O)n(-c2ccc(C(=[NH2+])SF)c(NS(C)(=O)=O)c2)c1=O. The molecule has 0 aliphatic carbocycles. The molecule has 2 rings (SSSR count). The van der Waals surface area contributed by atoms with Crippen molar-refractivity contribution in [3.8, 4) is 5.69 Å². The Balaban J connectivity index is 2.78. The smallest absolute Gasteiger partial charge is 0.292 e. The van der Waals surface area contributed by atoms with E-state index in [4.69, 9.17) is 5.41 Å². The number of hydrogen-bond acceptors (Lipinski definition) is 5. The number of nitrogens with one attached hydrogen (secondary N) is 1. The van der Waals surface area contributed by atoms with Crippen molar-refractivity contribution < 1.29 is 30.9 Å². The van der Waals surface area contributed by atoms with Crippen LogP contribution in [0.2, 0.25) is 0 Å². The lowest BCUT2D eigenvalue weighted by Crippen LogP contribution is -2.41. The number of sulfonamides is 1. The molecule has 0 aliphatic heterocycles. The number of aromatic nitrogens is 2. The molecule has 1 aromatic carbocycles. The van der Waals surface area contributed by atoms with Crippen LogP contribution in [0, 0.1) is 0 Å². The maximum atomic E-state index is 12.9. The minimum Gasteiger partial charge on any atom is -0.292 e. The normalized spacial score (nSPS) is 12.1. The van der Waals surface area contributed by atoms with E-state index in [-0.39, 0.29) is 39.7 Å². The molecule has 8 nitrogen and oxygen atoms in total. The molecule has 0 atom stereocenters. The third-order valence-corrected chi connectivity index (χ3v) is 4.49. The molecule has 1 aromatic heterocycles. The van der Waals surface area contributed by atoms with E-state index in [1.54, 1.807) is 0 Å². The molecule has 152 valence electrons. The van der Waals surface area contributed by atoms with Crippen LogP contribution in [0.15, 0.2) is 33.9 Å². The Bertz CT molecular complexity index is 1170. The Hall–Kier alpha value is -2.61. The molecule has 0 bridgehead atoms. The van der Waals surface area contributed by atoms with Crippen LogP contribution in [0.25, 0.3) is 5.69 Å². The van der Waals surface area contributed by atoms with Crippen LogP contribution in [0.5, 0.6) is 0 Å². The predicted molar refractivity (Wildman–Crippen MR) is 95.5 cm³/mol. The fourth-order valence-electron chi connectivity index (χ4n) is 2.35. The second-order valence-corrected chi connectivity index (χ2v) is 7.93. The van der Waals surface area contributed by atoms with Gasteiger partial charge in [-0.2, -0.15) is 17.1 Å². The van der Waals surface area contributed by atoms with Crippen LogP contribution < -0.4 is 21.4 Å². The summed E-state index contributed by atoms with van der Waals surface area (Å²) in [5.41, 5.74) is -4.64. The number of nitrogens with zero attached hydrogens (tertiary/aromatic N) is 2. The first kappa shape index (κ1) is 21.7. The summed E-state index contributed by atoms with van der Waals surface area (Å²) in [4.78, 5) is 24.5. The number of halogens is 4. The zero-order valence-electron chi connectivity index (χ0n) is 14.2. The zero-order chi connectivity index (χ0) is 21.4. The Labute approximate surface area is 159 Å². The number of rotatable bonds is 4. The molecule has 1 heterocycles. The molecular weight excluding hydrogens is 428 g/mol. The molecule has 0 saturated heterocycles. The monoisotopic (exact) mass is 441 g/mol. The van der Waals surface area contributed by atoms with Crippen LogP contribution in [-0.2, 0) is 23.2 Å². The Morgan fingerprint density at radius 3 is 2.32 bits per heavy atom. The first-order chi connectivity index (χ1) is 12.8. The van der Waals surface area contributed by atoms with Crippen molar-refractivity contribution in [1.82, 2.24) is 9.13 Å². The lowest BCUT2D eigenvalue weighted by atomic mass is 10.1. The van der Waals surface area contributed by atoms with Gasteiger partial charge in [0.15, 0.2) is 12.1 Å². The summed E-state index contributed by atoms with van der Waals surface area (Å²) in [6.07, 6.45) is -4.13. The van der Waals surface area contributed by atoms with Gasteiger partial charge in [0.1, 0.15) is 5.69 Å². The van der Waals surface area contributed by atoms with Crippen LogP contribution in [0.4, 0.5) is 22.7 Å². The van der Waals surface area contributed by atoms with Gasteiger partial charge in [-0.1, -0.05) is 0 Å². The summed E-state index contributed by atoms with van der Waals surface area (Å²) in [5.74, 6) is 0. The standard InChI is InChI=1S/C14H12F4N4O4S2/c1-21-10(14(15,16)17)6-11(23)22(13(21)24)7-3-4-8(12(19)27-18)9(5-7)20-28(2,25)26/h3-6,19-20H,1-2H3/p+1. The minimum atomic E-state index is -4.93. The van der Waals surface area contributed by atoms with E-state index in [1.807, 2.05) is 0 Å². The van der Waals surface area contributed by atoms with Gasteiger partial charge in [-0.25, -0.2) is 23.2 Å². The molecular formula is C14H13F4N4O4S2+. The van der Waals surface area contributed by atoms with Gasteiger partial charge in [0.2, 0.25) is 10.0 Å². The van der Waals surface area contributed by atoms with E-state index in [9.17, 15) is 35.1 Å². The zero-order valence-corrected chi connectivity index (χ0v) is 15.9. The van der Waals surface area contributed by atoms with Gasteiger partial charge in [-0.3, -0.25) is 14.1 Å². The lowest BCUT2D eigenvalue weighted by Gasteiger charge is -2.15. The molecule has 0 aliphatic rings. The van der Waals surface area contributed by atoms with Crippen molar-refractivity contribution in [2.75, 3.05) is 11.0 Å². The molecule has 3 N–H and O–H groups in total. The highest BCUT2D eigenvalue weighted by Gasteiger charge is 2.35. The number of anilines is 1. The highest BCUT2D eigenvalue weighted by Crippen LogP contribution is 2.27. The molecule has 0 spiro atoms. The first-order valence-electron chi connectivity index (χ1n) is 7.20. The average Bonchev–Trinajstić information content (AvgIpc) is 2.55. The van der Waals surface area contributed by atoms with E-state index in [0.717, 1.165) is 31.5 Å².